The standard InChI is InChI=1S/C14H8N6O/c15-4-8-3-7(1-2-11(8)18)12-9(5-16)13(19)20-14(21)10(12)6-17/h1-3H,18H2,(H3,19,20,21). The van der Waals surface area contributed by atoms with Gasteiger partial charge in [-0.15, -0.1) is 0 Å². The molecule has 0 saturated carbocycles. The van der Waals surface area contributed by atoms with Gasteiger partial charge < -0.3 is 16.5 Å². The van der Waals surface area contributed by atoms with Crippen molar-refractivity contribution in [1.82, 2.24) is 4.98 Å². The lowest BCUT2D eigenvalue weighted by Gasteiger charge is -2.09. The van der Waals surface area contributed by atoms with E-state index in [0.29, 0.717) is 5.56 Å². The summed E-state index contributed by atoms with van der Waals surface area (Å²) < 4.78 is 0. The number of pyridine rings is 1. The molecule has 21 heavy (non-hydrogen) atoms. The minimum Gasteiger partial charge on any atom is -0.398 e. The summed E-state index contributed by atoms with van der Waals surface area (Å²) in [6.45, 7) is 0. The second kappa shape index (κ2) is 5.08. The maximum Gasteiger partial charge on any atom is 0.268 e. The molecule has 5 N–H and O–H groups in total. The van der Waals surface area contributed by atoms with Crippen molar-refractivity contribution in [2.75, 3.05) is 11.5 Å². The van der Waals surface area contributed by atoms with Gasteiger partial charge in [0.15, 0.2) is 0 Å². The molecule has 0 fully saturated rings. The van der Waals surface area contributed by atoms with Crippen LogP contribution in [0, 0.1) is 34.0 Å². The second-order valence-corrected chi connectivity index (χ2v) is 4.13. The fraction of sp³-hybridized carbons (Fsp3) is 0. The minimum absolute atomic E-state index is 0.0280. The van der Waals surface area contributed by atoms with Crippen molar-refractivity contribution < 1.29 is 0 Å². The van der Waals surface area contributed by atoms with Gasteiger partial charge in [0.05, 0.1) is 5.56 Å². The number of rotatable bonds is 1. The van der Waals surface area contributed by atoms with E-state index in [4.69, 9.17) is 22.0 Å². The topological polar surface area (TPSA) is 156 Å². The number of nitrogens with one attached hydrogen (secondary N) is 1. The first-order valence-corrected chi connectivity index (χ1v) is 5.69. The fourth-order valence-electron chi connectivity index (χ4n) is 1.94. The highest BCUT2D eigenvalue weighted by molar-refractivity contribution is 5.81. The molecule has 2 rings (SSSR count). The Morgan fingerprint density at radius 3 is 2.24 bits per heavy atom. The lowest BCUT2D eigenvalue weighted by Crippen LogP contribution is -2.16. The molecule has 0 unspecified atom stereocenters. The average Bonchev–Trinajstić information content (AvgIpc) is 2.47. The summed E-state index contributed by atoms with van der Waals surface area (Å²) in [5.74, 6) is -0.133. The van der Waals surface area contributed by atoms with Gasteiger partial charge in [-0.3, -0.25) is 4.79 Å². The monoisotopic (exact) mass is 276 g/mol. The van der Waals surface area contributed by atoms with E-state index < -0.39 is 5.56 Å². The summed E-state index contributed by atoms with van der Waals surface area (Å²) in [6.07, 6.45) is 0. The highest BCUT2D eigenvalue weighted by Gasteiger charge is 2.18. The van der Waals surface area contributed by atoms with Crippen LogP contribution >= 0.6 is 0 Å². The van der Waals surface area contributed by atoms with Gasteiger partial charge in [0, 0.05) is 11.3 Å². The maximum atomic E-state index is 11.8. The Bertz CT molecular complexity index is 921. The molecular formula is C14H8N6O. The molecule has 0 aliphatic rings. The van der Waals surface area contributed by atoms with Crippen molar-refractivity contribution in [3.05, 3.63) is 45.2 Å². The molecule has 0 amide bonds. The number of anilines is 2. The normalized spacial score (nSPS) is 9.38. The predicted octanol–water partition coefficient (Wildman–Crippen LogP) is 0.821. The van der Waals surface area contributed by atoms with E-state index in [0.717, 1.165) is 0 Å². The van der Waals surface area contributed by atoms with Crippen molar-refractivity contribution in [3.8, 4) is 29.3 Å². The SMILES string of the molecule is N#Cc1cc(-c2c(C#N)c(N)[nH]c(=O)c2C#N)ccc1N. The number of nitrogens with two attached hydrogens (primary N) is 2. The summed E-state index contributed by atoms with van der Waals surface area (Å²) in [5.41, 5.74) is 11.2. The Kier molecular flexibility index (Phi) is 3.31. The number of nitrogen functional groups attached to an aromatic ring is 2. The van der Waals surface area contributed by atoms with Crippen molar-refractivity contribution in [2.45, 2.75) is 0 Å². The largest absolute Gasteiger partial charge is 0.398 e. The fourth-order valence-corrected chi connectivity index (χ4v) is 1.94. The number of aromatic amines is 1. The first-order valence-electron chi connectivity index (χ1n) is 5.69. The molecule has 0 saturated heterocycles. The number of hydrogen-bond acceptors (Lipinski definition) is 6. The third-order valence-corrected chi connectivity index (χ3v) is 2.93. The number of nitrogens with zero attached hydrogens (tertiary/aromatic N) is 3. The number of aromatic nitrogens is 1. The number of hydrogen-bond donors (Lipinski definition) is 3. The van der Waals surface area contributed by atoms with E-state index in [1.54, 1.807) is 6.07 Å². The van der Waals surface area contributed by atoms with Crippen LogP contribution in [0.5, 0.6) is 0 Å². The Morgan fingerprint density at radius 2 is 1.67 bits per heavy atom. The summed E-state index contributed by atoms with van der Waals surface area (Å²) in [7, 11) is 0. The van der Waals surface area contributed by atoms with Crippen LogP contribution in [0.4, 0.5) is 11.5 Å². The van der Waals surface area contributed by atoms with Crippen LogP contribution < -0.4 is 17.0 Å². The van der Waals surface area contributed by atoms with Gasteiger partial charge in [-0.2, -0.15) is 15.8 Å². The zero-order valence-corrected chi connectivity index (χ0v) is 10.6. The summed E-state index contributed by atoms with van der Waals surface area (Å²) in [6, 6.07) is 9.90. The quantitative estimate of drug-likeness (QED) is 0.654. The maximum absolute atomic E-state index is 11.8. The molecule has 0 aliphatic carbocycles. The molecule has 0 spiro atoms. The summed E-state index contributed by atoms with van der Waals surface area (Å²) >= 11 is 0. The lowest BCUT2D eigenvalue weighted by molar-refractivity contribution is 1.21. The van der Waals surface area contributed by atoms with Crippen LogP contribution in [-0.2, 0) is 0 Å². The first kappa shape index (κ1) is 13.7. The number of nitriles is 3. The highest BCUT2D eigenvalue weighted by atomic mass is 16.1. The van der Waals surface area contributed by atoms with Gasteiger partial charge in [-0.05, 0) is 17.7 Å². The van der Waals surface area contributed by atoms with Crippen LogP contribution in [0.1, 0.15) is 16.7 Å². The molecule has 2 aromatic rings. The predicted molar refractivity (Wildman–Crippen MR) is 75.5 cm³/mol. The third kappa shape index (κ3) is 2.14. The van der Waals surface area contributed by atoms with Gasteiger partial charge in [0.25, 0.3) is 5.56 Å². The average molecular weight is 276 g/mol. The van der Waals surface area contributed by atoms with Crippen molar-refractivity contribution >= 4 is 11.5 Å². The van der Waals surface area contributed by atoms with E-state index >= 15 is 0 Å². The zero-order valence-electron chi connectivity index (χ0n) is 10.6. The zero-order chi connectivity index (χ0) is 15.6. The molecule has 100 valence electrons. The summed E-state index contributed by atoms with van der Waals surface area (Å²) in [4.78, 5) is 14.0. The third-order valence-electron chi connectivity index (χ3n) is 2.93. The van der Waals surface area contributed by atoms with Gasteiger partial charge in [-0.1, -0.05) is 6.07 Å². The Labute approximate surface area is 119 Å². The molecule has 7 heteroatoms. The molecule has 1 aromatic carbocycles. The van der Waals surface area contributed by atoms with Gasteiger partial charge >= 0.3 is 0 Å². The van der Waals surface area contributed by atoms with Gasteiger partial charge in [0.2, 0.25) is 0 Å². The van der Waals surface area contributed by atoms with Crippen LogP contribution in [0.2, 0.25) is 0 Å². The number of H-pyrrole nitrogens is 1. The Balaban J connectivity index is 2.94. The molecule has 0 aliphatic heterocycles. The van der Waals surface area contributed by atoms with Crippen LogP contribution in [0.3, 0.4) is 0 Å². The van der Waals surface area contributed by atoms with Crippen molar-refractivity contribution in [3.63, 3.8) is 0 Å². The van der Waals surface area contributed by atoms with E-state index in [2.05, 4.69) is 4.98 Å². The van der Waals surface area contributed by atoms with Crippen LogP contribution in [0.25, 0.3) is 11.1 Å². The molecule has 0 radical (unpaired) electrons. The van der Waals surface area contributed by atoms with Crippen molar-refractivity contribution in [1.29, 1.82) is 15.8 Å². The van der Waals surface area contributed by atoms with E-state index in [-0.39, 0.29) is 33.8 Å². The van der Waals surface area contributed by atoms with Gasteiger partial charge in [-0.25, -0.2) is 0 Å². The number of benzene rings is 1. The van der Waals surface area contributed by atoms with Crippen molar-refractivity contribution in [2.24, 2.45) is 0 Å². The lowest BCUT2D eigenvalue weighted by atomic mass is 9.95. The van der Waals surface area contributed by atoms with E-state index in [1.807, 2.05) is 12.1 Å². The highest BCUT2D eigenvalue weighted by Crippen LogP contribution is 2.29. The Morgan fingerprint density at radius 1 is 1.00 bits per heavy atom. The minimum atomic E-state index is -0.695. The molecule has 0 atom stereocenters. The summed E-state index contributed by atoms with van der Waals surface area (Å²) in [5, 5.41) is 27.3. The second-order valence-electron chi connectivity index (χ2n) is 4.13. The molecule has 0 bridgehead atoms. The molecule has 1 aromatic heterocycles. The smallest absolute Gasteiger partial charge is 0.268 e. The van der Waals surface area contributed by atoms with Crippen LogP contribution in [0.15, 0.2) is 23.0 Å². The van der Waals surface area contributed by atoms with Crippen LogP contribution in [-0.4, -0.2) is 4.98 Å². The van der Waals surface area contributed by atoms with E-state index in [9.17, 15) is 10.1 Å². The molecule has 7 nitrogen and oxygen atoms in total. The Hall–Kier alpha value is -3.76. The van der Waals surface area contributed by atoms with Gasteiger partial charge in [0.1, 0.15) is 35.2 Å². The van der Waals surface area contributed by atoms with E-state index in [1.165, 1.54) is 18.2 Å². The molecule has 1 heterocycles. The first-order chi connectivity index (χ1) is 10.0. The molecular weight excluding hydrogens is 268 g/mol.